The first-order valence-corrected chi connectivity index (χ1v) is 9.71. The molecule has 0 unspecified atom stereocenters. The summed E-state index contributed by atoms with van der Waals surface area (Å²) in [4.78, 5) is 13.5. The van der Waals surface area contributed by atoms with Crippen molar-refractivity contribution < 1.29 is 28.9 Å². The molecule has 0 aliphatic rings. The van der Waals surface area contributed by atoms with Crippen molar-refractivity contribution in [3.05, 3.63) is 89.7 Å². The largest absolute Gasteiger partial charge is 0.503 e. The van der Waals surface area contributed by atoms with Gasteiger partial charge in [-0.2, -0.15) is 0 Å². The molecule has 0 fully saturated rings. The Morgan fingerprint density at radius 1 is 0.906 bits per heavy atom. The van der Waals surface area contributed by atoms with E-state index in [9.17, 15) is 19.4 Å². The van der Waals surface area contributed by atoms with Crippen molar-refractivity contribution in [3.63, 3.8) is 0 Å². The minimum Gasteiger partial charge on any atom is -0.503 e. The van der Waals surface area contributed by atoms with Crippen molar-refractivity contribution in [3.8, 4) is 40.1 Å². The number of ether oxygens (including phenoxy) is 2. The van der Waals surface area contributed by atoms with Crippen molar-refractivity contribution in [2.75, 3.05) is 14.2 Å². The zero-order valence-corrected chi connectivity index (χ0v) is 17.4. The van der Waals surface area contributed by atoms with Gasteiger partial charge in [-0.15, -0.1) is 0 Å². The maximum atomic E-state index is 14.0. The van der Waals surface area contributed by atoms with E-state index >= 15 is 0 Å². The zero-order chi connectivity index (χ0) is 22.8. The highest BCUT2D eigenvalue weighted by molar-refractivity contribution is 6.15. The Labute approximate surface area is 183 Å². The molecule has 0 aliphatic carbocycles. The van der Waals surface area contributed by atoms with Gasteiger partial charge in [-0.25, -0.2) is 4.39 Å². The lowest BCUT2D eigenvalue weighted by atomic mass is 9.98. The SMILES string of the molecule is COc1ccc(C(=O)c2c(O)c(O)n(-c3cccc(F)c3)c2-c2ccccc2OC)cc1. The van der Waals surface area contributed by atoms with Crippen LogP contribution in [-0.4, -0.2) is 34.8 Å². The number of para-hydroxylation sites is 1. The lowest BCUT2D eigenvalue weighted by molar-refractivity contribution is 0.103. The third-order valence-corrected chi connectivity index (χ3v) is 5.13. The molecular formula is C25H20FNO5. The van der Waals surface area contributed by atoms with Gasteiger partial charge in [-0.3, -0.25) is 9.36 Å². The van der Waals surface area contributed by atoms with Crippen LogP contribution in [0, 0.1) is 5.82 Å². The Morgan fingerprint density at radius 3 is 2.28 bits per heavy atom. The fourth-order valence-electron chi connectivity index (χ4n) is 3.61. The minimum atomic E-state index is -0.615. The van der Waals surface area contributed by atoms with Gasteiger partial charge in [0.2, 0.25) is 5.88 Å². The third-order valence-electron chi connectivity index (χ3n) is 5.13. The number of ketones is 1. The van der Waals surface area contributed by atoms with Gasteiger partial charge < -0.3 is 19.7 Å². The highest BCUT2D eigenvalue weighted by Crippen LogP contribution is 2.46. The first-order chi connectivity index (χ1) is 15.5. The maximum absolute atomic E-state index is 14.0. The molecule has 6 nitrogen and oxygen atoms in total. The van der Waals surface area contributed by atoms with Crippen molar-refractivity contribution >= 4 is 5.78 Å². The second kappa shape index (κ2) is 8.47. The van der Waals surface area contributed by atoms with Gasteiger partial charge in [0.05, 0.1) is 31.2 Å². The van der Waals surface area contributed by atoms with Crippen LogP contribution in [-0.2, 0) is 0 Å². The van der Waals surface area contributed by atoms with Crippen LogP contribution < -0.4 is 9.47 Å². The summed E-state index contributed by atoms with van der Waals surface area (Å²) < 4.78 is 25.8. The van der Waals surface area contributed by atoms with Gasteiger partial charge >= 0.3 is 0 Å². The summed E-state index contributed by atoms with van der Waals surface area (Å²) in [6, 6.07) is 18.7. The summed E-state index contributed by atoms with van der Waals surface area (Å²) in [5.74, 6) is -1.30. The Hall–Kier alpha value is -4.26. The maximum Gasteiger partial charge on any atom is 0.240 e. The molecule has 1 heterocycles. The van der Waals surface area contributed by atoms with Crippen LogP contribution in [0.25, 0.3) is 16.9 Å². The number of rotatable bonds is 6. The van der Waals surface area contributed by atoms with E-state index in [1.807, 2.05) is 0 Å². The van der Waals surface area contributed by atoms with E-state index in [0.29, 0.717) is 17.1 Å². The van der Waals surface area contributed by atoms with Crippen LogP contribution in [0.2, 0.25) is 0 Å². The first-order valence-electron chi connectivity index (χ1n) is 9.71. The topological polar surface area (TPSA) is 80.9 Å². The Morgan fingerprint density at radius 2 is 1.62 bits per heavy atom. The molecule has 2 N–H and O–H groups in total. The third kappa shape index (κ3) is 3.54. The van der Waals surface area contributed by atoms with Crippen LogP contribution in [0.4, 0.5) is 4.39 Å². The van der Waals surface area contributed by atoms with E-state index < -0.39 is 23.2 Å². The van der Waals surface area contributed by atoms with E-state index in [-0.39, 0.29) is 22.5 Å². The number of methoxy groups -OCH3 is 2. The highest BCUT2D eigenvalue weighted by atomic mass is 19.1. The second-order valence-corrected chi connectivity index (χ2v) is 6.97. The second-order valence-electron chi connectivity index (χ2n) is 6.97. The molecule has 0 saturated heterocycles. The molecule has 162 valence electrons. The fourth-order valence-corrected chi connectivity index (χ4v) is 3.61. The van der Waals surface area contributed by atoms with Gasteiger partial charge in [-0.1, -0.05) is 18.2 Å². The number of nitrogens with zero attached hydrogens (tertiary/aromatic N) is 1. The molecule has 0 saturated carbocycles. The van der Waals surface area contributed by atoms with Crippen LogP contribution in [0.3, 0.4) is 0 Å². The van der Waals surface area contributed by atoms with Gasteiger partial charge in [0.15, 0.2) is 11.5 Å². The molecule has 0 aliphatic heterocycles. The average molecular weight is 433 g/mol. The lowest BCUT2D eigenvalue weighted by Crippen LogP contribution is -2.06. The van der Waals surface area contributed by atoms with E-state index in [4.69, 9.17) is 9.47 Å². The standard InChI is InChI=1S/C25H20FNO5/c1-31-18-12-10-15(11-13-18)23(28)21-22(19-8-3-4-9-20(19)32-2)27(25(30)24(21)29)17-7-5-6-16(26)14-17/h3-14,29-30H,1-2H3. The van der Waals surface area contributed by atoms with Crippen molar-refractivity contribution in [1.29, 1.82) is 0 Å². The van der Waals surface area contributed by atoms with E-state index in [1.54, 1.807) is 54.6 Å². The molecule has 3 aromatic carbocycles. The van der Waals surface area contributed by atoms with Crippen LogP contribution in [0.5, 0.6) is 23.1 Å². The molecule has 1 aromatic heterocycles. The molecule has 0 bridgehead atoms. The van der Waals surface area contributed by atoms with Crippen molar-refractivity contribution in [1.82, 2.24) is 4.57 Å². The fraction of sp³-hybridized carbons (Fsp3) is 0.0800. The highest BCUT2D eigenvalue weighted by Gasteiger charge is 2.31. The molecule has 0 spiro atoms. The number of hydrogen-bond acceptors (Lipinski definition) is 5. The number of carbonyl (C=O) groups excluding carboxylic acids is 1. The summed E-state index contributed by atoms with van der Waals surface area (Å²) in [6.45, 7) is 0. The summed E-state index contributed by atoms with van der Waals surface area (Å²) in [5, 5.41) is 21.7. The van der Waals surface area contributed by atoms with E-state index in [2.05, 4.69) is 0 Å². The number of aromatic nitrogens is 1. The lowest BCUT2D eigenvalue weighted by Gasteiger charge is -2.15. The molecule has 0 atom stereocenters. The molecular weight excluding hydrogens is 413 g/mol. The predicted octanol–water partition coefficient (Wildman–Crippen LogP) is 4.94. The predicted molar refractivity (Wildman–Crippen MR) is 117 cm³/mol. The van der Waals surface area contributed by atoms with E-state index in [0.717, 1.165) is 0 Å². The Balaban J connectivity index is 2.03. The summed E-state index contributed by atoms with van der Waals surface area (Å²) in [7, 11) is 2.98. The molecule has 0 radical (unpaired) electrons. The monoisotopic (exact) mass is 433 g/mol. The Kier molecular flexibility index (Phi) is 5.55. The quantitative estimate of drug-likeness (QED) is 0.421. The van der Waals surface area contributed by atoms with Gasteiger partial charge in [0.1, 0.15) is 17.3 Å². The van der Waals surface area contributed by atoms with Crippen LogP contribution >= 0.6 is 0 Å². The average Bonchev–Trinajstić information content (AvgIpc) is 3.09. The number of hydrogen-bond donors (Lipinski definition) is 2. The van der Waals surface area contributed by atoms with E-state index in [1.165, 1.54) is 37.0 Å². The smallest absolute Gasteiger partial charge is 0.240 e. The number of halogens is 1. The molecule has 32 heavy (non-hydrogen) atoms. The number of benzene rings is 3. The van der Waals surface area contributed by atoms with Crippen LogP contribution in [0.1, 0.15) is 15.9 Å². The van der Waals surface area contributed by atoms with Crippen molar-refractivity contribution in [2.24, 2.45) is 0 Å². The summed E-state index contributed by atoms with van der Waals surface area (Å²) in [5.41, 5.74) is 0.971. The van der Waals surface area contributed by atoms with Gasteiger partial charge in [0.25, 0.3) is 0 Å². The molecule has 7 heteroatoms. The summed E-state index contributed by atoms with van der Waals surface area (Å²) in [6.07, 6.45) is 0. The molecule has 0 amide bonds. The molecule has 4 aromatic rings. The van der Waals surface area contributed by atoms with Crippen molar-refractivity contribution in [2.45, 2.75) is 0 Å². The summed E-state index contributed by atoms with van der Waals surface area (Å²) >= 11 is 0. The molecule has 4 rings (SSSR count). The number of aromatic hydroxyl groups is 2. The number of carbonyl (C=O) groups is 1. The zero-order valence-electron chi connectivity index (χ0n) is 17.4. The minimum absolute atomic E-state index is 0.138. The normalized spacial score (nSPS) is 10.7. The van der Waals surface area contributed by atoms with Gasteiger partial charge in [0, 0.05) is 11.1 Å². The first kappa shape index (κ1) is 21.0. The van der Waals surface area contributed by atoms with Crippen LogP contribution in [0.15, 0.2) is 72.8 Å². The Bertz CT molecular complexity index is 1290. The van der Waals surface area contributed by atoms with Gasteiger partial charge in [-0.05, 0) is 54.6 Å².